The molecule has 0 saturated carbocycles. The van der Waals surface area contributed by atoms with Crippen LogP contribution >= 0.6 is 0 Å². The van der Waals surface area contributed by atoms with Crippen molar-refractivity contribution in [3.05, 3.63) is 66.2 Å². The molecule has 1 amide bonds. The van der Waals surface area contributed by atoms with Crippen LogP contribution in [0.3, 0.4) is 0 Å². The van der Waals surface area contributed by atoms with Crippen LogP contribution in [0.1, 0.15) is 10.4 Å². The average molecular weight is 400 g/mol. The number of sulfonamides is 1. The Morgan fingerprint density at radius 1 is 0.929 bits per heavy atom. The van der Waals surface area contributed by atoms with Crippen molar-refractivity contribution in [1.82, 2.24) is 19.2 Å². The third kappa shape index (κ3) is 3.34. The minimum absolute atomic E-state index is 0.107. The molecule has 144 valence electrons. The minimum atomic E-state index is -3.93. The number of hydrogen-bond acceptors (Lipinski definition) is 5. The number of nitrogens with zero attached hydrogens (tertiary/aromatic N) is 4. The van der Waals surface area contributed by atoms with E-state index in [1.807, 2.05) is 0 Å². The van der Waals surface area contributed by atoms with Crippen molar-refractivity contribution in [2.75, 3.05) is 26.2 Å². The summed E-state index contributed by atoms with van der Waals surface area (Å²) in [7, 11) is -3.93. The quantitative estimate of drug-likeness (QED) is 0.671. The Morgan fingerprint density at radius 3 is 2.32 bits per heavy atom. The third-order valence-corrected chi connectivity index (χ3v) is 6.63. The van der Waals surface area contributed by atoms with Crippen LogP contribution in [0.25, 0.3) is 11.0 Å². The van der Waals surface area contributed by atoms with Crippen LogP contribution in [0.5, 0.6) is 0 Å². The first-order valence-corrected chi connectivity index (χ1v) is 10.2. The maximum absolute atomic E-state index is 13.9. The summed E-state index contributed by atoms with van der Waals surface area (Å²) < 4.78 is 40.5. The summed E-state index contributed by atoms with van der Waals surface area (Å²) in [5, 5.41) is 0. The lowest BCUT2D eigenvalue weighted by molar-refractivity contribution is 0.0698. The summed E-state index contributed by atoms with van der Waals surface area (Å²) in [6, 6.07) is 10.4. The molecule has 2 aromatic carbocycles. The van der Waals surface area contributed by atoms with Gasteiger partial charge in [-0.1, -0.05) is 12.1 Å². The van der Waals surface area contributed by atoms with Crippen molar-refractivity contribution in [2.45, 2.75) is 4.90 Å². The summed E-state index contributed by atoms with van der Waals surface area (Å²) in [5.41, 5.74) is 1.78. The molecule has 3 aromatic rings. The Balaban J connectivity index is 1.49. The molecular formula is C19H17FN4O3S. The highest BCUT2D eigenvalue weighted by Gasteiger charge is 2.32. The Kier molecular flexibility index (Phi) is 4.78. The maximum atomic E-state index is 13.9. The number of fused-ring (bicyclic) bond motifs is 1. The first-order chi connectivity index (χ1) is 13.5. The summed E-state index contributed by atoms with van der Waals surface area (Å²) in [5.74, 6) is -0.978. The van der Waals surface area contributed by atoms with E-state index in [2.05, 4.69) is 9.97 Å². The minimum Gasteiger partial charge on any atom is -0.336 e. The molecule has 1 aliphatic heterocycles. The number of hydrogen-bond donors (Lipinski definition) is 0. The van der Waals surface area contributed by atoms with Gasteiger partial charge in [-0.05, 0) is 30.3 Å². The van der Waals surface area contributed by atoms with Crippen molar-refractivity contribution in [2.24, 2.45) is 0 Å². The molecule has 9 heteroatoms. The van der Waals surface area contributed by atoms with Crippen LogP contribution in [0.15, 0.2) is 59.8 Å². The molecule has 0 bridgehead atoms. The fourth-order valence-corrected chi connectivity index (χ4v) is 4.69. The van der Waals surface area contributed by atoms with Gasteiger partial charge in [0.25, 0.3) is 5.91 Å². The topological polar surface area (TPSA) is 83.5 Å². The molecule has 1 saturated heterocycles. The van der Waals surface area contributed by atoms with Gasteiger partial charge in [0.05, 0.1) is 11.0 Å². The van der Waals surface area contributed by atoms with Gasteiger partial charge < -0.3 is 4.90 Å². The lowest BCUT2D eigenvalue weighted by Gasteiger charge is -2.34. The Bertz CT molecular complexity index is 1140. The van der Waals surface area contributed by atoms with Gasteiger partial charge in [0.1, 0.15) is 10.7 Å². The number of benzene rings is 2. The second-order valence-electron chi connectivity index (χ2n) is 6.39. The standard InChI is InChI=1S/C19H17FN4O3S/c20-15-3-1-2-4-18(15)28(26,27)24-11-9-23(10-12-24)19(25)14-5-6-16-17(13-14)22-8-7-21-16/h1-8,13H,9-12H2. The number of piperazine rings is 1. The summed E-state index contributed by atoms with van der Waals surface area (Å²) in [6.07, 6.45) is 3.14. The fraction of sp³-hybridized carbons (Fsp3) is 0.211. The van der Waals surface area contributed by atoms with Crippen molar-refractivity contribution in [1.29, 1.82) is 0 Å². The SMILES string of the molecule is O=C(c1ccc2nccnc2c1)N1CCN(S(=O)(=O)c2ccccc2F)CC1. The van der Waals surface area contributed by atoms with Crippen LogP contribution in [0.2, 0.25) is 0 Å². The van der Waals surface area contributed by atoms with E-state index in [9.17, 15) is 17.6 Å². The Morgan fingerprint density at radius 2 is 1.61 bits per heavy atom. The lowest BCUT2D eigenvalue weighted by Crippen LogP contribution is -2.50. The monoisotopic (exact) mass is 400 g/mol. The molecular weight excluding hydrogens is 383 g/mol. The molecule has 28 heavy (non-hydrogen) atoms. The van der Waals surface area contributed by atoms with Crippen molar-refractivity contribution < 1.29 is 17.6 Å². The molecule has 0 unspecified atom stereocenters. The number of aromatic nitrogens is 2. The molecule has 1 aromatic heterocycles. The molecule has 7 nitrogen and oxygen atoms in total. The van der Waals surface area contributed by atoms with E-state index in [0.29, 0.717) is 16.6 Å². The van der Waals surface area contributed by atoms with Gasteiger partial charge in [-0.2, -0.15) is 4.31 Å². The van der Waals surface area contributed by atoms with Crippen LogP contribution in [0, 0.1) is 5.82 Å². The maximum Gasteiger partial charge on any atom is 0.254 e. The zero-order valence-corrected chi connectivity index (χ0v) is 15.6. The molecule has 4 rings (SSSR count). The smallest absolute Gasteiger partial charge is 0.254 e. The third-order valence-electron chi connectivity index (χ3n) is 4.70. The van der Waals surface area contributed by atoms with Gasteiger partial charge in [0.2, 0.25) is 10.0 Å². The van der Waals surface area contributed by atoms with Gasteiger partial charge in [-0.15, -0.1) is 0 Å². The molecule has 0 aliphatic carbocycles. The van der Waals surface area contributed by atoms with E-state index in [1.54, 1.807) is 35.5 Å². The van der Waals surface area contributed by atoms with Gasteiger partial charge in [-0.25, -0.2) is 12.8 Å². The van der Waals surface area contributed by atoms with E-state index >= 15 is 0 Å². The highest BCUT2D eigenvalue weighted by molar-refractivity contribution is 7.89. The molecule has 1 fully saturated rings. The number of halogens is 1. The fourth-order valence-electron chi connectivity index (χ4n) is 3.20. The van der Waals surface area contributed by atoms with E-state index in [0.717, 1.165) is 6.07 Å². The molecule has 0 spiro atoms. The van der Waals surface area contributed by atoms with Crippen LogP contribution < -0.4 is 0 Å². The van der Waals surface area contributed by atoms with Gasteiger partial charge in [0, 0.05) is 44.1 Å². The predicted octanol–water partition coefficient (Wildman–Crippen LogP) is 1.92. The zero-order chi connectivity index (χ0) is 19.7. The van der Waals surface area contributed by atoms with Crippen molar-refractivity contribution in [3.63, 3.8) is 0 Å². The molecule has 0 radical (unpaired) electrons. The first-order valence-electron chi connectivity index (χ1n) is 8.71. The van der Waals surface area contributed by atoms with E-state index < -0.39 is 15.8 Å². The van der Waals surface area contributed by atoms with Crippen LogP contribution in [0.4, 0.5) is 4.39 Å². The highest BCUT2D eigenvalue weighted by atomic mass is 32.2. The molecule has 0 N–H and O–H groups in total. The highest BCUT2D eigenvalue weighted by Crippen LogP contribution is 2.21. The summed E-state index contributed by atoms with van der Waals surface area (Å²) in [4.78, 5) is 22.4. The Hall–Kier alpha value is -2.91. The van der Waals surface area contributed by atoms with Crippen molar-refractivity contribution in [3.8, 4) is 0 Å². The number of carbonyl (C=O) groups is 1. The summed E-state index contributed by atoms with van der Waals surface area (Å²) in [6.45, 7) is 0.668. The van der Waals surface area contributed by atoms with Crippen LogP contribution in [-0.2, 0) is 10.0 Å². The number of rotatable bonds is 3. The Labute approximate surface area is 161 Å². The first kappa shape index (κ1) is 18.5. The second-order valence-corrected chi connectivity index (χ2v) is 8.29. The average Bonchev–Trinajstić information content (AvgIpc) is 2.73. The zero-order valence-electron chi connectivity index (χ0n) is 14.8. The van der Waals surface area contributed by atoms with Crippen LogP contribution in [-0.4, -0.2) is 59.7 Å². The molecule has 0 atom stereocenters. The number of carbonyl (C=O) groups excluding carboxylic acids is 1. The normalized spacial score (nSPS) is 15.7. The lowest BCUT2D eigenvalue weighted by atomic mass is 10.1. The predicted molar refractivity (Wildman–Crippen MR) is 101 cm³/mol. The molecule has 2 heterocycles. The largest absolute Gasteiger partial charge is 0.336 e. The number of amides is 1. The van der Waals surface area contributed by atoms with Gasteiger partial charge >= 0.3 is 0 Å². The second kappa shape index (κ2) is 7.25. The van der Waals surface area contributed by atoms with E-state index in [-0.39, 0.29) is 37.0 Å². The van der Waals surface area contributed by atoms with Crippen molar-refractivity contribution >= 4 is 27.0 Å². The van der Waals surface area contributed by atoms with Gasteiger partial charge in [0.15, 0.2) is 0 Å². The molecule has 1 aliphatic rings. The van der Waals surface area contributed by atoms with Gasteiger partial charge in [-0.3, -0.25) is 14.8 Å². The summed E-state index contributed by atoms with van der Waals surface area (Å²) >= 11 is 0. The van der Waals surface area contributed by atoms with E-state index in [1.165, 1.54) is 22.5 Å². The van der Waals surface area contributed by atoms with E-state index in [4.69, 9.17) is 0 Å².